The van der Waals surface area contributed by atoms with Crippen molar-refractivity contribution >= 4 is 57.2 Å². The lowest BCUT2D eigenvalue weighted by molar-refractivity contribution is -0.759. The Morgan fingerprint density at radius 3 is 2.69 bits per heavy atom. The third kappa shape index (κ3) is 4.85. The molecule has 0 radical (unpaired) electrons. The number of para-hydroxylation sites is 1. The standard InChI is InChI=1S/C26H21N5O3S/c1-2-30-16-24(34-29-30)28-23(32)17-35-26-27-22(25(33)31(26)20-12-4-3-5-13-20)15-19-11-8-10-18-9-6-7-14-21(18)19/h3-16H,2,17H2,1H3/b22-15+. The zero-order valence-electron chi connectivity index (χ0n) is 18.9. The molecule has 5 rings (SSSR count). The minimum Gasteiger partial charge on any atom is -0.861 e. The van der Waals surface area contributed by atoms with Gasteiger partial charge in [-0.1, -0.05) is 77.1 Å². The molecule has 0 atom stereocenters. The first kappa shape index (κ1) is 22.5. The Kier molecular flexibility index (Phi) is 6.40. The summed E-state index contributed by atoms with van der Waals surface area (Å²) in [5, 5.41) is 18.7. The Morgan fingerprint density at radius 1 is 1.11 bits per heavy atom. The molecule has 0 bridgehead atoms. The average Bonchev–Trinajstić information content (AvgIpc) is 3.47. The van der Waals surface area contributed by atoms with E-state index in [1.54, 1.807) is 17.0 Å². The number of fused-ring (bicyclic) bond motifs is 1. The summed E-state index contributed by atoms with van der Waals surface area (Å²) in [6.45, 7) is 2.51. The predicted molar refractivity (Wildman–Crippen MR) is 135 cm³/mol. The minimum atomic E-state index is -0.413. The molecule has 0 N–H and O–H groups in total. The Morgan fingerprint density at radius 2 is 1.89 bits per heavy atom. The van der Waals surface area contributed by atoms with Gasteiger partial charge in [-0.2, -0.15) is 0 Å². The fourth-order valence-electron chi connectivity index (χ4n) is 3.67. The normalized spacial score (nSPS) is 15.3. The number of aliphatic imine (C=N–C) groups is 2. The highest BCUT2D eigenvalue weighted by atomic mass is 32.2. The molecule has 1 aliphatic heterocycles. The summed E-state index contributed by atoms with van der Waals surface area (Å²) < 4.78 is 6.58. The molecule has 0 spiro atoms. The zero-order chi connectivity index (χ0) is 24.2. The summed E-state index contributed by atoms with van der Waals surface area (Å²) in [6, 6.07) is 23.2. The summed E-state index contributed by atoms with van der Waals surface area (Å²) in [4.78, 5) is 23.5. The van der Waals surface area contributed by atoms with Gasteiger partial charge in [-0.05, 0) is 47.4 Å². The van der Waals surface area contributed by atoms with Crippen molar-refractivity contribution in [1.29, 1.82) is 0 Å². The molecule has 2 heterocycles. The van der Waals surface area contributed by atoms with Crippen molar-refractivity contribution in [3.63, 3.8) is 0 Å². The van der Waals surface area contributed by atoms with E-state index < -0.39 is 5.90 Å². The quantitative estimate of drug-likeness (QED) is 0.180. The van der Waals surface area contributed by atoms with Gasteiger partial charge in [0.2, 0.25) is 5.27 Å². The molecule has 1 amide bonds. The summed E-state index contributed by atoms with van der Waals surface area (Å²) in [5.41, 5.74) is 1.88. The number of aryl methyl sites for hydroxylation is 1. The van der Waals surface area contributed by atoms with E-state index in [1.807, 2.05) is 79.7 Å². The van der Waals surface area contributed by atoms with Crippen LogP contribution in [-0.2, 0) is 11.3 Å². The third-order valence-electron chi connectivity index (χ3n) is 5.34. The molecule has 35 heavy (non-hydrogen) atoms. The van der Waals surface area contributed by atoms with Crippen molar-refractivity contribution < 1.29 is 19.1 Å². The number of carbonyl (C=O) groups excluding carboxylic acids is 1. The maximum atomic E-state index is 13.4. The van der Waals surface area contributed by atoms with Crippen LogP contribution in [-0.4, -0.2) is 28.0 Å². The number of aromatic nitrogens is 2. The van der Waals surface area contributed by atoms with Gasteiger partial charge in [0.25, 0.3) is 12.1 Å². The molecule has 0 aliphatic carbocycles. The third-order valence-corrected chi connectivity index (χ3v) is 6.27. The Balaban J connectivity index is 1.46. The minimum absolute atomic E-state index is 0.0101. The van der Waals surface area contributed by atoms with Crippen LogP contribution in [0.1, 0.15) is 12.5 Å². The van der Waals surface area contributed by atoms with Crippen LogP contribution in [0, 0.1) is 0 Å². The maximum Gasteiger partial charge on any atom is 0.320 e. The monoisotopic (exact) mass is 483 g/mol. The van der Waals surface area contributed by atoms with Crippen LogP contribution in [0.15, 0.2) is 99.2 Å². The van der Waals surface area contributed by atoms with Crippen molar-refractivity contribution in [2.24, 2.45) is 9.98 Å². The van der Waals surface area contributed by atoms with E-state index in [0.717, 1.165) is 28.1 Å². The number of hydrogen-bond acceptors (Lipinski definition) is 7. The van der Waals surface area contributed by atoms with Gasteiger partial charge in [0, 0.05) is 5.75 Å². The second-order valence-electron chi connectivity index (χ2n) is 7.66. The fraction of sp³-hybridized carbons (Fsp3) is 0.115. The molecule has 3 aromatic carbocycles. The second kappa shape index (κ2) is 9.94. The van der Waals surface area contributed by atoms with Crippen molar-refractivity contribution in [3.8, 4) is 0 Å². The van der Waals surface area contributed by atoms with Crippen LogP contribution in [0.5, 0.6) is 0 Å². The zero-order valence-corrected chi connectivity index (χ0v) is 19.7. The van der Waals surface area contributed by atoms with E-state index in [-0.39, 0.29) is 17.5 Å². The van der Waals surface area contributed by atoms with E-state index in [4.69, 9.17) is 4.52 Å². The smallest absolute Gasteiger partial charge is 0.320 e. The number of anilines is 1. The number of benzene rings is 3. The summed E-state index contributed by atoms with van der Waals surface area (Å²) >= 11 is 1.15. The summed E-state index contributed by atoms with van der Waals surface area (Å²) in [6.07, 6.45) is 3.35. The van der Waals surface area contributed by atoms with Crippen LogP contribution in [0.25, 0.3) is 16.8 Å². The highest BCUT2D eigenvalue weighted by Gasteiger charge is 2.32. The first-order valence-corrected chi connectivity index (χ1v) is 12.0. The molecular formula is C26H21N5O3S. The molecule has 0 unspecified atom stereocenters. The van der Waals surface area contributed by atoms with E-state index in [2.05, 4.69) is 15.3 Å². The second-order valence-corrected chi connectivity index (χ2v) is 8.60. The van der Waals surface area contributed by atoms with Crippen LogP contribution in [0.2, 0.25) is 0 Å². The van der Waals surface area contributed by atoms with Gasteiger partial charge < -0.3 is 5.11 Å². The summed E-state index contributed by atoms with van der Waals surface area (Å²) in [7, 11) is 0. The molecule has 4 aromatic rings. The van der Waals surface area contributed by atoms with Gasteiger partial charge in [0.1, 0.15) is 5.70 Å². The van der Waals surface area contributed by atoms with E-state index >= 15 is 0 Å². The van der Waals surface area contributed by atoms with Gasteiger partial charge >= 0.3 is 5.88 Å². The number of amidine groups is 1. The lowest BCUT2D eigenvalue weighted by atomic mass is 10.0. The molecule has 8 nitrogen and oxygen atoms in total. The van der Waals surface area contributed by atoms with Crippen molar-refractivity contribution in [2.75, 3.05) is 10.7 Å². The number of hydrogen-bond donors (Lipinski definition) is 0. The van der Waals surface area contributed by atoms with Gasteiger partial charge in [0.15, 0.2) is 11.7 Å². The van der Waals surface area contributed by atoms with Crippen molar-refractivity contribution in [3.05, 3.63) is 90.3 Å². The van der Waals surface area contributed by atoms with Gasteiger partial charge in [0.05, 0.1) is 5.69 Å². The van der Waals surface area contributed by atoms with Gasteiger partial charge in [-0.15, -0.1) is 0 Å². The number of carbonyl (C=O) groups is 1. The van der Waals surface area contributed by atoms with Crippen LogP contribution < -0.4 is 14.7 Å². The number of rotatable bonds is 6. The molecule has 0 saturated carbocycles. The predicted octanol–water partition coefficient (Wildman–Crippen LogP) is 3.70. The molecule has 1 aromatic heterocycles. The largest absolute Gasteiger partial charge is 0.861 e. The van der Waals surface area contributed by atoms with Crippen LogP contribution >= 0.6 is 11.8 Å². The molecular weight excluding hydrogens is 462 g/mol. The van der Waals surface area contributed by atoms with E-state index in [9.17, 15) is 9.90 Å². The Labute approximate surface area is 205 Å². The first-order chi connectivity index (χ1) is 17.1. The topological polar surface area (TPSA) is 98.0 Å². The SMILES string of the molecule is CC[n+]1cc(/N=C(/[O-])CSC2=N/C(=C/c3cccc4ccccc34)C(=O)N2c2ccccc2)on1. The van der Waals surface area contributed by atoms with E-state index in [1.165, 1.54) is 4.90 Å². The molecule has 0 saturated heterocycles. The van der Waals surface area contributed by atoms with Crippen molar-refractivity contribution in [1.82, 2.24) is 5.27 Å². The highest BCUT2D eigenvalue weighted by Crippen LogP contribution is 2.30. The number of thioether (sulfide) groups is 1. The highest BCUT2D eigenvalue weighted by molar-refractivity contribution is 8.14. The maximum absolute atomic E-state index is 13.4. The van der Waals surface area contributed by atoms with Crippen LogP contribution in [0.3, 0.4) is 0 Å². The lowest BCUT2D eigenvalue weighted by Crippen LogP contribution is -2.32. The van der Waals surface area contributed by atoms with Crippen LogP contribution in [0.4, 0.5) is 11.6 Å². The molecule has 0 fully saturated rings. The molecule has 174 valence electrons. The summed E-state index contributed by atoms with van der Waals surface area (Å²) in [5.74, 6) is -0.540. The average molecular weight is 484 g/mol. The van der Waals surface area contributed by atoms with E-state index in [0.29, 0.717) is 23.1 Å². The molecule has 1 aliphatic rings. The lowest BCUT2D eigenvalue weighted by Gasteiger charge is -2.18. The number of amides is 1. The number of nitrogens with zero attached hydrogens (tertiary/aromatic N) is 5. The van der Waals surface area contributed by atoms with Crippen molar-refractivity contribution in [2.45, 2.75) is 13.5 Å². The molecule has 9 heteroatoms. The Bertz CT molecular complexity index is 1470. The first-order valence-electron chi connectivity index (χ1n) is 11.0. The van der Waals surface area contributed by atoms with Gasteiger partial charge in [-0.3, -0.25) is 14.2 Å². The fourth-order valence-corrected chi connectivity index (χ4v) is 4.47. The van der Waals surface area contributed by atoms with Gasteiger partial charge in [-0.25, -0.2) is 9.98 Å². The Hall–Kier alpha value is -4.24.